The van der Waals surface area contributed by atoms with E-state index in [1.807, 2.05) is 0 Å². The highest BCUT2D eigenvalue weighted by molar-refractivity contribution is 5.92. The summed E-state index contributed by atoms with van der Waals surface area (Å²) in [5.41, 5.74) is -0.344. The van der Waals surface area contributed by atoms with E-state index < -0.39 is 17.5 Å². The largest absolute Gasteiger partial charge is 0.490 e. The SMILES string of the molecule is COc1ccc(C(=O)OCC(=O)NC2CCCC2)cc1[N+](=O)[O-]. The highest BCUT2D eigenvalue weighted by Crippen LogP contribution is 2.27. The lowest BCUT2D eigenvalue weighted by Crippen LogP contribution is -2.35. The van der Waals surface area contributed by atoms with Crippen LogP contribution in [0.5, 0.6) is 5.75 Å². The number of esters is 1. The number of hydrogen-bond acceptors (Lipinski definition) is 6. The number of ether oxygens (including phenoxy) is 2. The van der Waals surface area contributed by atoms with Crippen molar-refractivity contribution in [3.63, 3.8) is 0 Å². The fraction of sp³-hybridized carbons (Fsp3) is 0.467. The molecular formula is C15H18N2O6. The second-order valence-corrected chi connectivity index (χ2v) is 5.27. The summed E-state index contributed by atoms with van der Waals surface area (Å²) in [5, 5.41) is 13.7. The van der Waals surface area contributed by atoms with Gasteiger partial charge in [-0.3, -0.25) is 14.9 Å². The molecule has 1 aromatic rings. The monoisotopic (exact) mass is 322 g/mol. The first-order valence-corrected chi connectivity index (χ1v) is 7.30. The third-order valence-corrected chi connectivity index (χ3v) is 3.67. The molecule has 0 unspecified atom stereocenters. The van der Waals surface area contributed by atoms with Crippen LogP contribution in [-0.2, 0) is 9.53 Å². The number of carbonyl (C=O) groups excluding carboxylic acids is 2. The maximum Gasteiger partial charge on any atom is 0.338 e. The average Bonchev–Trinajstić information content (AvgIpc) is 3.04. The minimum atomic E-state index is -0.794. The lowest BCUT2D eigenvalue weighted by atomic mass is 10.2. The van der Waals surface area contributed by atoms with Crippen molar-refractivity contribution < 1.29 is 24.0 Å². The summed E-state index contributed by atoms with van der Waals surface area (Å²) < 4.78 is 9.75. The average molecular weight is 322 g/mol. The van der Waals surface area contributed by atoms with Gasteiger partial charge in [-0.15, -0.1) is 0 Å². The molecule has 0 spiro atoms. The van der Waals surface area contributed by atoms with E-state index in [2.05, 4.69) is 5.32 Å². The van der Waals surface area contributed by atoms with Crippen molar-refractivity contribution in [3.05, 3.63) is 33.9 Å². The third-order valence-electron chi connectivity index (χ3n) is 3.67. The van der Waals surface area contributed by atoms with E-state index in [1.165, 1.54) is 19.2 Å². The molecule has 0 heterocycles. The molecule has 1 saturated carbocycles. The van der Waals surface area contributed by atoms with Crippen LogP contribution in [0.1, 0.15) is 36.0 Å². The zero-order valence-electron chi connectivity index (χ0n) is 12.7. The Morgan fingerprint density at radius 1 is 1.35 bits per heavy atom. The van der Waals surface area contributed by atoms with Crippen LogP contribution in [0.15, 0.2) is 18.2 Å². The molecule has 1 aliphatic rings. The van der Waals surface area contributed by atoms with E-state index in [9.17, 15) is 19.7 Å². The lowest BCUT2D eigenvalue weighted by Gasteiger charge is -2.12. The fourth-order valence-electron chi connectivity index (χ4n) is 2.51. The lowest BCUT2D eigenvalue weighted by molar-refractivity contribution is -0.385. The van der Waals surface area contributed by atoms with E-state index in [0.29, 0.717) is 0 Å². The molecule has 8 heteroatoms. The van der Waals surface area contributed by atoms with E-state index in [4.69, 9.17) is 9.47 Å². The highest BCUT2D eigenvalue weighted by Gasteiger charge is 2.21. The van der Waals surface area contributed by atoms with Gasteiger partial charge in [0.25, 0.3) is 5.91 Å². The van der Waals surface area contributed by atoms with Gasteiger partial charge in [-0.05, 0) is 25.0 Å². The van der Waals surface area contributed by atoms with Gasteiger partial charge >= 0.3 is 11.7 Å². The van der Waals surface area contributed by atoms with Crippen LogP contribution >= 0.6 is 0 Å². The summed E-state index contributed by atoms with van der Waals surface area (Å²) in [6.07, 6.45) is 4.04. The number of carbonyl (C=O) groups is 2. The predicted molar refractivity (Wildman–Crippen MR) is 80.3 cm³/mol. The summed E-state index contributed by atoms with van der Waals surface area (Å²) in [6.45, 7) is -0.408. The number of nitrogens with one attached hydrogen (secondary N) is 1. The van der Waals surface area contributed by atoms with Crippen LogP contribution in [0.4, 0.5) is 5.69 Å². The van der Waals surface area contributed by atoms with Crippen LogP contribution in [-0.4, -0.2) is 36.6 Å². The van der Waals surface area contributed by atoms with Crippen molar-refractivity contribution in [1.82, 2.24) is 5.32 Å². The van der Waals surface area contributed by atoms with Gasteiger partial charge < -0.3 is 14.8 Å². The molecule has 8 nitrogen and oxygen atoms in total. The number of hydrogen-bond donors (Lipinski definition) is 1. The molecule has 0 bridgehead atoms. The van der Waals surface area contributed by atoms with Crippen LogP contribution in [0.25, 0.3) is 0 Å². The summed E-state index contributed by atoms with van der Waals surface area (Å²) in [7, 11) is 1.30. The van der Waals surface area contributed by atoms with Crippen molar-refractivity contribution in [1.29, 1.82) is 0 Å². The number of methoxy groups -OCH3 is 1. The first-order chi connectivity index (χ1) is 11.0. The van der Waals surface area contributed by atoms with Crippen molar-refractivity contribution in [2.45, 2.75) is 31.7 Å². The smallest absolute Gasteiger partial charge is 0.338 e. The van der Waals surface area contributed by atoms with Crippen LogP contribution in [0.2, 0.25) is 0 Å². The molecule has 1 aromatic carbocycles. The minimum absolute atomic E-state index is 0.00818. The van der Waals surface area contributed by atoms with Crippen molar-refractivity contribution in [3.8, 4) is 5.75 Å². The van der Waals surface area contributed by atoms with Gasteiger partial charge in [0.15, 0.2) is 12.4 Å². The molecule has 1 aliphatic carbocycles. The second kappa shape index (κ2) is 7.57. The van der Waals surface area contributed by atoms with E-state index in [-0.39, 0.29) is 28.9 Å². The van der Waals surface area contributed by atoms with Gasteiger partial charge in [-0.25, -0.2) is 4.79 Å². The van der Waals surface area contributed by atoms with Crippen LogP contribution in [0, 0.1) is 10.1 Å². The zero-order chi connectivity index (χ0) is 16.8. The van der Waals surface area contributed by atoms with Crippen LogP contribution in [0.3, 0.4) is 0 Å². The molecule has 1 amide bonds. The molecule has 0 atom stereocenters. The molecule has 0 saturated heterocycles. The molecule has 1 N–H and O–H groups in total. The third kappa shape index (κ3) is 4.41. The van der Waals surface area contributed by atoms with Crippen molar-refractivity contribution in [2.75, 3.05) is 13.7 Å². The first kappa shape index (κ1) is 16.7. The van der Waals surface area contributed by atoms with Gasteiger partial charge in [-0.2, -0.15) is 0 Å². The van der Waals surface area contributed by atoms with Crippen molar-refractivity contribution in [2.24, 2.45) is 0 Å². The number of nitro benzene ring substituents is 1. The highest BCUT2D eigenvalue weighted by atomic mass is 16.6. The minimum Gasteiger partial charge on any atom is -0.490 e. The van der Waals surface area contributed by atoms with Gasteiger partial charge in [0, 0.05) is 12.1 Å². The molecule has 124 valence electrons. The standard InChI is InChI=1S/C15H18N2O6/c1-22-13-7-6-10(8-12(13)17(20)21)15(19)23-9-14(18)16-11-4-2-3-5-11/h6-8,11H,2-5,9H2,1H3,(H,16,18). The summed E-state index contributed by atoms with van der Waals surface area (Å²) in [4.78, 5) is 33.9. The normalized spacial score (nSPS) is 14.3. The summed E-state index contributed by atoms with van der Waals surface area (Å²) in [6, 6.07) is 3.87. The Hall–Kier alpha value is -2.64. The Balaban J connectivity index is 1.93. The van der Waals surface area contributed by atoms with Crippen molar-refractivity contribution >= 4 is 17.6 Å². The maximum atomic E-state index is 11.9. The Morgan fingerprint density at radius 2 is 2.04 bits per heavy atom. The molecule has 2 rings (SSSR count). The summed E-state index contributed by atoms with van der Waals surface area (Å²) in [5.74, 6) is -1.11. The molecule has 0 aromatic heterocycles. The summed E-state index contributed by atoms with van der Waals surface area (Å²) >= 11 is 0. The molecule has 0 aliphatic heterocycles. The molecule has 1 fully saturated rings. The molecule has 23 heavy (non-hydrogen) atoms. The first-order valence-electron chi connectivity index (χ1n) is 7.30. The number of nitrogens with zero attached hydrogens (tertiary/aromatic N) is 1. The maximum absolute atomic E-state index is 11.9. The second-order valence-electron chi connectivity index (χ2n) is 5.27. The van der Waals surface area contributed by atoms with E-state index in [0.717, 1.165) is 31.7 Å². The molecular weight excluding hydrogens is 304 g/mol. The Labute approximate surface area is 132 Å². The van der Waals surface area contributed by atoms with E-state index >= 15 is 0 Å². The van der Waals surface area contributed by atoms with Gasteiger partial charge in [-0.1, -0.05) is 12.8 Å². The Morgan fingerprint density at radius 3 is 2.65 bits per heavy atom. The molecule has 0 radical (unpaired) electrons. The number of benzene rings is 1. The predicted octanol–water partition coefficient (Wildman–Crippen LogP) is 1.82. The zero-order valence-corrected chi connectivity index (χ0v) is 12.7. The Bertz CT molecular complexity index is 610. The van der Waals surface area contributed by atoms with Gasteiger partial charge in [0.05, 0.1) is 17.6 Å². The van der Waals surface area contributed by atoms with E-state index in [1.54, 1.807) is 0 Å². The number of rotatable bonds is 6. The number of amides is 1. The van der Waals surface area contributed by atoms with Gasteiger partial charge in [0.2, 0.25) is 0 Å². The topological polar surface area (TPSA) is 108 Å². The quantitative estimate of drug-likeness (QED) is 0.486. The van der Waals surface area contributed by atoms with Crippen LogP contribution < -0.4 is 10.1 Å². The number of nitro groups is 1. The van der Waals surface area contributed by atoms with Gasteiger partial charge in [0.1, 0.15) is 0 Å². The fourth-order valence-corrected chi connectivity index (χ4v) is 2.51. The Kier molecular flexibility index (Phi) is 5.51.